The van der Waals surface area contributed by atoms with E-state index in [4.69, 9.17) is 9.47 Å². The Hall–Kier alpha value is -1.62. The Morgan fingerprint density at radius 2 is 2.06 bits per heavy atom. The van der Waals surface area contributed by atoms with E-state index >= 15 is 0 Å². The molecule has 1 heterocycles. The van der Waals surface area contributed by atoms with Crippen molar-refractivity contribution >= 4 is 27.7 Å². The molecule has 0 N–H and O–H groups in total. The van der Waals surface area contributed by atoms with Crippen LogP contribution in [0.2, 0.25) is 0 Å². The van der Waals surface area contributed by atoms with Gasteiger partial charge in [-0.3, -0.25) is 4.79 Å². The number of carbonyl (C=O) groups is 1. The second-order valence-electron chi connectivity index (χ2n) is 3.10. The summed E-state index contributed by atoms with van der Waals surface area (Å²) in [5, 5.41) is 0.379. The van der Waals surface area contributed by atoms with Crippen LogP contribution in [0.4, 0.5) is 4.39 Å². The average Bonchev–Trinajstić information content (AvgIpc) is 2.72. The molecule has 0 bridgehead atoms. The van der Waals surface area contributed by atoms with E-state index in [1.807, 2.05) is 0 Å². The summed E-state index contributed by atoms with van der Waals surface area (Å²) >= 11 is 1.22. The molecule has 0 unspecified atom stereocenters. The smallest absolute Gasteiger partial charge is 0.197 e. The van der Waals surface area contributed by atoms with Crippen molar-refractivity contribution in [1.29, 1.82) is 0 Å². The molecule has 84 valence electrons. The van der Waals surface area contributed by atoms with Gasteiger partial charge in [-0.05, 0) is 6.07 Å². The van der Waals surface area contributed by atoms with Crippen LogP contribution >= 0.6 is 11.3 Å². The molecule has 2 aromatic rings. The van der Waals surface area contributed by atoms with Crippen LogP contribution in [0.1, 0.15) is 9.67 Å². The molecule has 2 rings (SSSR count). The van der Waals surface area contributed by atoms with Gasteiger partial charge in [0.2, 0.25) is 0 Å². The van der Waals surface area contributed by atoms with Gasteiger partial charge in [-0.2, -0.15) is 0 Å². The van der Waals surface area contributed by atoms with Crippen molar-refractivity contribution in [3.05, 3.63) is 22.8 Å². The van der Waals surface area contributed by atoms with E-state index in [2.05, 4.69) is 0 Å². The number of ether oxygens (including phenoxy) is 2. The molecule has 0 aliphatic heterocycles. The zero-order valence-corrected chi connectivity index (χ0v) is 9.56. The minimum Gasteiger partial charge on any atom is -0.493 e. The van der Waals surface area contributed by atoms with E-state index in [1.165, 1.54) is 31.6 Å². The average molecular weight is 240 g/mol. The van der Waals surface area contributed by atoms with E-state index in [1.54, 1.807) is 6.07 Å². The van der Waals surface area contributed by atoms with Crippen LogP contribution in [0.5, 0.6) is 11.5 Å². The number of thiophene rings is 1. The van der Waals surface area contributed by atoms with Crippen LogP contribution in [-0.2, 0) is 0 Å². The van der Waals surface area contributed by atoms with Crippen LogP contribution < -0.4 is 9.47 Å². The van der Waals surface area contributed by atoms with Crippen LogP contribution in [-0.4, -0.2) is 20.5 Å². The first kappa shape index (κ1) is 10.9. The van der Waals surface area contributed by atoms with Gasteiger partial charge in [-0.1, -0.05) is 0 Å². The maximum atomic E-state index is 14.0. The highest BCUT2D eigenvalue weighted by molar-refractivity contribution is 7.20. The maximum absolute atomic E-state index is 14.0. The Morgan fingerprint density at radius 1 is 1.31 bits per heavy atom. The first-order chi connectivity index (χ1) is 7.71. The van der Waals surface area contributed by atoms with E-state index in [0.717, 1.165) is 0 Å². The van der Waals surface area contributed by atoms with Gasteiger partial charge >= 0.3 is 0 Å². The van der Waals surface area contributed by atoms with Gasteiger partial charge in [0, 0.05) is 16.2 Å². The molecule has 0 saturated carbocycles. The first-order valence-electron chi connectivity index (χ1n) is 4.50. The molecule has 16 heavy (non-hydrogen) atoms. The summed E-state index contributed by atoms with van der Waals surface area (Å²) in [5.41, 5.74) is 0. The van der Waals surface area contributed by atoms with Gasteiger partial charge < -0.3 is 9.47 Å². The summed E-state index contributed by atoms with van der Waals surface area (Å²) in [7, 11) is 2.82. The first-order valence-corrected chi connectivity index (χ1v) is 5.32. The molecule has 0 aliphatic carbocycles. The normalized spacial score (nSPS) is 10.4. The molecule has 0 radical (unpaired) electrons. The van der Waals surface area contributed by atoms with Crippen molar-refractivity contribution in [1.82, 2.24) is 0 Å². The molecule has 0 spiro atoms. The molecular formula is C11H9FO3S. The maximum Gasteiger partial charge on any atom is 0.197 e. The largest absolute Gasteiger partial charge is 0.493 e. The highest BCUT2D eigenvalue weighted by Crippen LogP contribution is 2.39. The lowest BCUT2D eigenvalue weighted by Crippen LogP contribution is -1.93. The van der Waals surface area contributed by atoms with Gasteiger partial charge in [-0.15, -0.1) is 11.3 Å². The second kappa shape index (κ2) is 4.09. The van der Waals surface area contributed by atoms with Crippen LogP contribution in [0.3, 0.4) is 0 Å². The van der Waals surface area contributed by atoms with Crippen molar-refractivity contribution < 1.29 is 18.7 Å². The Kier molecular flexibility index (Phi) is 2.78. The summed E-state index contributed by atoms with van der Waals surface area (Å²) in [6, 6.07) is 3.17. The predicted octanol–water partition coefficient (Wildman–Crippen LogP) is 2.87. The zero-order valence-electron chi connectivity index (χ0n) is 8.74. The van der Waals surface area contributed by atoms with Gasteiger partial charge in [0.15, 0.2) is 23.6 Å². The number of methoxy groups -OCH3 is 2. The fourth-order valence-corrected chi connectivity index (χ4v) is 2.42. The van der Waals surface area contributed by atoms with Crippen molar-refractivity contribution in [2.75, 3.05) is 14.2 Å². The summed E-state index contributed by atoms with van der Waals surface area (Å²) in [6.45, 7) is 0. The third-order valence-electron chi connectivity index (χ3n) is 2.24. The third-order valence-corrected chi connectivity index (χ3v) is 3.25. The number of hydrogen-bond donors (Lipinski definition) is 0. The lowest BCUT2D eigenvalue weighted by Gasteiger charge is -2.08. The van der Waals surface area contributed by atoms with Crippen molar-refractivity contribution in [3.8, 4) is 11.5 Å². The molecule has 5 heteroatoms. The summed E-state index contributed by atoms with van der Waals surface area (Å²) in [6.07, 6.45) is 0.697. The minimum absolute atomic E-state index is 0.0604. The predicted molar refractivity (Wildman–Crippen MR) is 60.3 cm³/mol. The topological polar surface area (TPSA) is 35.5 Å². The number of fused-ring (bicyclic) bond motifs is 1. The fourth-order valence-electron chi connectivity index (χ4n) is 1.52. The molecule has 0 amide bonds. The second-order valence-corrected chi connectivity index (χ2v) is 4.22. The Morgan fingerprint density at radius 3 is 2.62 bits per heavy atom. The standard InChI is InChI=1S/C11H9FO3S/c1-14-8-4-9-7(3-6(5-13)16-9)10(12)11(8)15-2/h3-5H,1-2H3. The number of halogens is 1. The quantitative estimate of drug-likeness (QED) is 0.774. The molecule has 0 aliphatic rings. The monoisotopic (exact) mass is 240 g/mol. The highest BCUT2D eigenvalue weighted by Gasteiger charge is 2.16. The van der Waals surface area contributed by atoms with Crippen LogP contribution in [0.25, 0.3) is 10.1 Å². The Labute approximate surface area is 95.4 Å². The number of benzene rings is 1. The van der Waals surface area contributed by atoms with Gasteiger partial charge in [0.05, 0.1) is 19.1 Å². The van der Waals surface area contributed by atoms with Gasteiger partial charge in [0.25, 0.3) is 0 Å². The van der Waals surface area contributed by atoms with E-state index in [-0.39, 0.29) is 5.75 Å². The number of aldehydes is 1. The summed E-state index contributed by atoms with van der Waals surface area (Å²) in [4.78, 5) is 11.1. The summed E-state index contributed by atoms with van der Waals surface area (Å²) in [5.74, 6) is -0.113. The fraction of sp³-hybridized carbons (Fsp3) is 0.182. The van der Waals surface area contributed by atoms with Gasteiger partial charge in [-0.25, -0.2) is 4.39 Å². The number of carbonyl (C=O) groups excluding carboxylic acids is 1. The molecule has 1 aromatic carbocycles. The molecule has 0 atom stereocenters. The zero-order chi connectivity index (χ0) is 11.7. The molecule has 0 saturated heterocycles. The van der Waals surface area contributed by atoms with E-state index in [0.29, 0.717) is 27.0 Å². The Balaban J connectivity index is 2.79. The molecule has 1 aromatic heterocycles. The summed E-state index contributed by atoms with van der Waals surface area (Å²) < 4.78 is 24.6. The molecule has 3 nitrogen and oxygen atoms in total. The van der Waals surface area contributed by atoms with Crippen molar-refractivity contribution in [2.45, 2.75) is 0 Å². The van der Waals surface area contributed by atoms with E-state index < -0.39 is 5.82 Å². The molecule has 0 fully saturated rings. The van der Waals surface area contributed by atoms with Crippen molar-refractivity contribution in [3.63, 3.8) is 0 Å². The SMILES string of the molecule is COc1cc2sc(C=O)cc2c(F)c1OC. The van der Waals surface area contributed by atoms with Crippen LogP contribution in [0, 0.1) is 5.82 Å². The highest BCUT2D eigenvalue weighted by atomic mass is 32.1. The molecular weight excluding hydrogens is 231 g/mol. The number of rotatable bonds is 3. The third kappa shape index (κ3) is 1.53. The lowest BCUT2D eigenvalue weighted by atomic mass is 10.2. The minimum atomic E-state index is -0.499. The lowest BCUT2D eigenvalue weighted by molar-refractivity contribution is 0.112. The Bertz CT molecular complexity index is 548. The van der Waals surface area contributed by atoms with E-state index in [9.17, 15) is 9.18 Å². The number of hydrogen-bond acceptors (Lipinski definition) is 4. The van der Waals surface area contributed by atoms with Crippen molar-refractivity contribution in [2.24, 2.45) is 0 Å². The van der Waals surface area contributed by atoms with Crippen LogP contribution in [0.15, 0.2) is 12.1 Å². The van der Waals surface area contributed by atoms with Gasteiger partial charge in [0.1, 0.15) is 0 Å².